The molecule has 0 bridgehead atoms. The van der Waals surface area contributed by atoms with Gasteiger partial charge in [-0.15, -0.1) is 0 Å². The summed E-state index contributed by atoms with van der Waals surface area (Å²) >= 11 is 0. The monoisotopic (exact) mass is 732 g/mol. The Bertz CT molecular complexity index is 1080. The zero-order valence-corrected chi connectivity index (χ0v) is 34.6. The van der Waals surface area contributed by atoms with E-state index in [1.807, 2.05) is 30.3 Å². The summed E-state index contributed by atoms with van der Waals surface area (Å²) in [7, 11) is -3.57. The van der Waals surface area contributed by atoms with Crippen molar-refractivity contribution in [1.29, 1.82) is 0 Å². The molecule has 0 spiro atoms. The molecule has 2 atom stereocenters. The predicted octanol–water partition coefficient (Wildman–Crippen LogP) is 7.65. The third-order valence-corrected chi connectivity index (χ3v) is 18.5. The number of hydrogen-bond acceptors (Lipinski definition) is 7. The maximum atomic E-state index is 12.4. The molecule has 0 aromatic heterocycles. The van der Waals surface area contributed by atoms with E-state index < -0.39 is 22.7 Å². The summed E-state index contributed by atoms with van der Waals surface area (Å²) in [6.07, 6.45) is 4.56. The Morgan fingerprint density at radius 2 is 1.38 bits per heavy atom. The minimum Gasteiger partial charge on any atom is -0.444 e. The second-order valence-electron chi connectivity index (χ2n) is 15.3. The van der Waals surface area contributed by atoms with E-state index in [1.165, 1.54) is 17.7 Å². The molecule has 3 fully saturated rings. The van der Waals surface area contributed by atoms with Gasteiger partial charge in [0, 0.05) is 26.1 Å². The van der Waals surface area contributed by atoms with Crippen LogP contribution >= 0.6 is 27.0 Å². The van der Waals surface area contributed by atoms with Crippen molar-refractivity contribution in [2.45, 2.75) is 135 Å². The number of carbonyl (C=O) groups excluding carboxylic acids is 3. The molecule has 0 aliphatic carbocycles. The molecule has 0 radical (unpaired) electrons. The Hall–Kier alpha value is -1.36. The SMILES string of the molecule is C1CCOC1.CC(C)(C)[Si](C)(C)OC[C@@H]1CCC(=O)N1.CC(C)(C)[Si](C)(C)OC[C@@H]1CCC(=O)N1C(=O)OCc1ccccc1.S.S. The number of nitrogens with zero attached hydrogens (tertiary/aromatic N) is 1. The zero-order chi connectivity index (χ0) is 33.9. The lowest BCUT2D eigenvalue weighted by atomic mass is 10.2. The summed E-state index contributed by atoms with van der Waals surface area (Å²) in [6, 6.07) is 9.47. The fourth-order valence-corrected chi connectivity index (χ4v) is 6.39. The average molecular weight is 733 g/mol. The lowest BCUT2D eigenvalue weighted by Crippen LogP contribution is -2.47. The van der Waals surface area contributed by atoms with E-state index >= 15 is 0 Å². The van der Waals surface area contributed by atoms with Crippen LogP contribution in [0.2, 0.25) is 36.3 Å². The van der Waals surface area contributed by atoms with Crippen LogP contribution in [0.15, 0.2) is 30.3 Å². The molecule has 47 heavy (non-hydrogen) atoms. The Balaban J connectivity index is 0.000000814. The maximum absolute atomic E-state index is 12.4. The molecule has 13 heteroatoms. The third kappa shape index (κ3) is 15.4. The maximum Gasteiger partial charge on any atom is 0.417 e. The van der Waals surface area contributed by atoms with Gasteiger partial charge in [-0.3, -0.25) is 9.59 Å². The highest BCUT2D eigenvalue weighted by atomic mass is 32.1. The van der Waals surface area contributed by atoms with Crippen LogP contribution in [0.1, 0.15) is 85.6 Å². The Morgan fingerprint density at radius 3 is 1.83 bits per heavy atom. The molecule has 3 amide bonds. The molecule has 1 aromatic rings. The summed E-state index contributed by atoms with van der Waals surface area (Å²) in [4.78, 5) is 36.8. The van der Waals surface area contributed by atoms with Crippen LogP contribution in [0, 0.1) is 0 Å². The van der Waals surface area contributed by atoms with Gasteiger partial charge in [-0.25, -0.2) is 9.69 Å². The van der Waals surface area contributed by atoms with Crippen molar-refractivity contribution >= 4 is 61.5 Å². The lowest BCUT2D eigenvalue weighted by molar-refractivity contribution is -0.127. The number of amides is 3. The number of likely N-dealkylation sites (tertiary alicyclic amines) is 1. The predicted molar refractivity (Wildman–Crippen MR) is 205 cm³/mol. The highest BCUT2D eigenvalue weighted by molar-refractivity contribution is 7.59. The Kier molecular flexibility index (Phi) is 19.8. The fourth-order valence-electron chi connectivity index (χ4n) is 4.30. The van der Waals surface area contributed by atoms with Crippen molar-refractivity contribution in [1.82, 2.24) is 10.2 Å². The van der Waals surface area contributed by atoms with E-state index in [4.69, 9.17) is 18.3 Å². The van der Waals surface area contributed by atoms with Gasteiger partial charge in [0.2, 0.25) is 11.8 Å². The van der Waals surface area contributed by atoms with Crippen LogP contribution in [0.4, 0.5) is 4.79 Å². The van der Waals surface area contributed by atoms with Gasteiger partial charge in [0.05, 0.1) is 25.3 Å². The molecule has 9 nitrogen and oxygen atoms in total. The van der Waals surface area contributed by atoms with E-state index in [0.29, 0.717) is 32.5 Å². The Labute approximate surface area is 300 Å². The molecule has 3 aliphatic heterocycles. The van der Waals surface area contributed by atoms with E-state index in [2.05, 4.69) is 73.0 Å². The van der Waals surface area contributed by atoms with Crippen molar-refractivity contribution in [3.8, 4) is 0 Å². The quantitative estimate of drug-likeness (QED) is 0.274. The Morgan fingerprint density at radius 1 is 0.851 bits per heavy atom. The van der Waals surface area contributed by atoms with Gasteiger partial charge in [0.25, 0.3) is 0 Å². The lowest BCUT2D eigenvalue weighted by Gasteiger charge is -2.37. The fraction of sp³-hybridized carbons (Fsp3) is 0.735. The number of carbonyl (C=O) groups is 3. The summed E-state index contributed by atoms with van der Waals surface area (Å²) in [6.45, 7) is 25.3. The number of rotatable bonds is 8. The molecule has 3 heterocycles. The third-order valence-electron chi connectivity index (χ3n) is 9.53. The largest absolute Gasteiger partial charge is 0.444 e. The van der Waals surface area contributed by atoms with Gasteiger partial charge in [0.1, 0.15) is 6.61 Å². The van der Waals surface area contributed by atoms with Gasteiger partial charge in [-0.05, 0) is 67.5 Å². The van der Waals surface area contributed by atoms with Crippen molar-refractivity contribution in [3.63, 3.8) is 0 Å². The number of hydrogen-bond donors (Lipinski definition) is 1. The van der Waals surface area contributed by atoms with Gasteiger partial charge in [0.15, 0.2) is 16.6 Å². The number of nitrogens with one attached hydrogen (secondary N) is 1. The molecule has 1 aromatic carbocycles. The van der Waals surface area contributed by atoms with Crippen molar-refractivity contribution < 1.29 is 32.7 Å². The molecule has 272 valence electrons. The molecule has 1 N–H and O–H groups in total. The standard InChI is InChI=1S/C19H29NO4Si.C11H23NO2Si.C4H8O.2H2S/c1-19(2,3)25(4,5)24-14-16-11-12-17(21)20(16)18(22)23-13-15-9-7-6-8-10-15;1-11(2,3)15(4,5)14-8-9-6-7-10(13)12-9;1-2-4-5-3-1;;/h6-10,16H,11-14H2,1-5H3;9H,6-8H2,1-5H3,(H,12,13);1-4H2;2*1H2/t16-;9-;;;/m00.../s1. The van der Waals surface area contributed by atoms with Gasteiger partial charge in [-0.2, -0.15) is 27.0 Å². The van der Waals surface area contributed by atoms with Gasteiger partial charge in [-0.1, -0.05) is 71.9 Å². The molecular formula is C34H64N2O7S2Si2. The molecule has 3 saturated heterocycles. The first-order valence-electron chi connectivity index (χ1n) is 16.5. The number of benzene rings is 1. The minimum absolute atomic E-state index is 0. The van der Waals surface area contributed by atoms with Crippen molar-refractivity contribution in [3.05, 3.63) is 35.9 Å². The topological polar surface area (TPSA) is 103 Å². The number of imide groups is 1. The first-order valence-corrected chi connectivity index (χ1v) is 22.3. The van der Waals surface area contributed by atoms with E-state index in [1.54, 1.807) is 0 Å². The highest BCUT2D eigenvalue weighted by Crippen LogP contribution is 2.38. The second-order valence-corrected chi connectivity index (χ2v) is 24.9. The van der Waals surface area contributed by atoms with Crippen molar-refractivity contribution in [2.75, 3.05) is 26.4 Å². The summed E-state index contributed by atoms with van der Waals surface area (Å²) in [5.41, 5.74) is 0.900. The first-order chi connectivity index (χ1) is 20.8. The van der Waals surface area contributed by atoms with E-state index in [0.717, 1.165) is 25.2 Å². The summed E-state index contributed by atoms with van der Waals surface area (Å²) in [5, 5.41) is 3.27. The number of ether oxygens (including phenoxy) is 2. The summed E-state index contributed by atoms with van der Waals surface area (Å²) < 4.78 is 22.5. The average Bonchev–Trinajstić information content (AvgIpc) is 3.73. The highest BCUT2D eigenvalue weighted by Gasteiger charge is 2.42. The van der Waals surface area contributed by atoms with Crippen LogP contribution in [0.3, 0.4) is 0 Å². The first kappa shape index (κ1) is 45.6. The smallest absolute Gasteiger partial charge is 0.417 e. The molecular weight excluding hydrogens is 669 g/mol. The van der Waals surface area contributed by atoms with Gasteiger partial charge < -0.3 is 23.6 Å². The molecule has 3 aliphatic rings. The van der Waals surface area contributed by atoms with Gasteiger partial charge >= 0.3 is 6.09 Å². The second kappa shape index (κ2) is 20.3. The van der Waals surface area contributed by atoms with Crippen LogP contribution in [0.5, 0.6) is 0 Å². The normalized spacial score (nSPS) is 19.7. The van der Waals surface area contributed by atoms with Crippen LogP contribution in [-0.2, 0) is 34.5 Å². The molecule has 0 saturated carbocycles. The van der Waals surface area contributed by atoms with Crippen molar-refractivity contribution in [2.24, 2.45) is 0 Å². The minimum atomic E-state index is -1.92. The zero-order valence-electron chi connectivity index (χ0n) is 30.6. The molecule has 4 rings (SSSR count). The van der Waals surface area contributed by atoms with E-state index in [9.17, 15) is 14.4 Å². The van der Waals surface area contributed by atoms with Crippen LogP contribution < -0.4 is 5.32 Å². The van der Waals surface area contributed by atoms with Crippen LogP contribution in [0.25, 0.3) is 0 Å². The summed E-state index contributed by atoms with van der Waals surface area (Å²) in [5.74, 6) is -0.0132. The van der Waals surface area contributed by atoms with E-state index in [-0.39, 0.29) is 67.6 Å². The van der Waals surface area contributed by atoms with Crippen LogP contribution in [-0.4, -0.2) is 78.0 Å². The molecule has 0 unspecified atom stereocenters.